The second-order valence-corrected chi connectivity index (χ2v) is 5.39. The minimum Gasteiger partial charge on any atom is -0.398 e. The lowest BCUT2D eigenvalue weighted by molar-refractivity contribution is 1.20. The van der Waals surface area contributed by atoms with Crippen molar-refractivity contribution in [2.24, 2.45) is 0 Å². The first-order valence-corrected chi connectivity index (χ1v) is 6.62. The number of halogens is 1. The first kappa shape index (κ1) is 11.5. The molecule has 2 aromatic carbocycles. The van der Waals surface area contributed by atoms with Crippen LogP contribution in [0.3, 0.4) is 0 Å². The van der Waals surface area contributed by atoms with Crippen LogP contribution < -0.4 is 5.73 Å². The SMILES string of the molecule is Cc1nc2c(cc(Br)c3ccccc32)c(N)c1C. The Labute approximate surface area is 114 Å². The van der Waals surface area contributed by atoms with E-state index in [1.165, 1.54) is 5.39 Å². The molecule has 0 saturated heterocycles. The summed E-state index contributed by atoms with van der Waals surface area (Å²) in [4.78, 5) is 4.70. The molecule has 2 N–H and O–H groups in total. The number of pyridine rings is 1. The molecule has 0 aliphatic rings. The average molecular weight is 301 g/mol. The number of nitrogen functional groups attached to an aromatic ring is 1. The van der Waals surface area contributed by atoms with E-state index in [-0.39, 0.29) is 0 Å². The molecule has 90 valence electrons. The number of hydrogen-bond donors (Lipinski definition) is 1. The number of aromatic nitrogens is 1. The quantitative estimate of drug-likeness (QED) is 0.627. The molecule has 0 atom stereocenters. The Morgan fingerprint density at radius 1 is 1.06 bits per heavy atom. The maximum Gasteiger partial charge on any atom is 0.0805 e. The van der Waals surface area contributed by atoms with Crippen LogP contribution in [0.5, 0.6) is 0 Å². The predicted molar refractivity (Wildman–Crippen MR) is 80.8 cm³/mol. The molecular weight excluding hydrogens is 288 g/mol. The Bertz CT molecular complexity index is 778. The smallest absolute Gasteiger partial charge is 0.0805 e. The molecule has 0 saturated carbocycles. The first-order chi connectivity index (χ1) is 8.59. The fraction of sp³-hybridized carbons (Fsp3) is 0.133. The summed E-state index contributed by atoms with van der Waals surface area (Å²) < 4.78 is 1.06. The van der Waals surface area contributed by atoms with Crippen LogP contribution in [0.2, 0.25) is 0 Å². The summed E-state index contributed by atoms with van der Waals surface area (Å²) in [5, 5.41) is 3.32. The number of aryl methyl sites for hydroxylation is 1. The van der Waals surface area contributed by atoms with Crippen LogP contribution in [0.15, 0.2) is 34.8 Å². The minimum atomic E-state index is 0.823. The van der Waals surface area contributed by atoms with Gasteiger partial charge in [-0.25, -0.2) is 0 Å². The van der Waals surface area contributed by atoms with Gasteiger partial charge in [0.15, 0.2) is 0 Å². The van der Waals surface area contributed by atoms with Gasteiger partial charge in [-0.2, -0.15) is 0 Å². The van der Waals surface area contributed by atoms with Crippen LogP contribution in [0.1, 0.15) is 11.3 Å². The standard InChI is InChI=1S/C15H13BrN2/c1-8-9(2)18-15-11-6-4-3-5-10(11)13(16)7-12(15)14(8)17/h3-7H,1-2H3,(H2,17,18). The second-order valence-electron chi connectivity index (χ2n) is 4.54. The molecule has 1 aromatic heterocycles. The zero-order valence-corrected chi connectivity index (χ0v) is 11.9. The van der Waals surface area contributed by atoms with E-state index in [0.717, 1.165) is 37.7 Å². The molecule has 18 heavy (non-hydrogen) atoms. The van der Waals surface area contributed by atoms with Gasteiger partial charge >= 0.3 is 0 Å². The van der Waals surface area contributed by atoms with Gasteiger partial charge in [-0.3, -0.25) is 4.98 Å². The topological polar surface area (TPSA) is 38.9 Å². The van der Waals surface area contributed by atoms with E-state index in [1.54, 1.807) is 0 Å². The number of hydrogen-bond acceptors (Lipinski definition) is 2. The molecule has 2 nitrogen and oxygen atoms in total. The third-order valence-electron chi connectivity index (χ3n) is 3.48. The average Bonchev–Trinajstić information content (AvgIpc) is 2.38. The third kappa shape index (κ3) is 1.51. The van der Waals surface area contributed by atoms with Gasteiger partial charge in [0.25, 0.3) is 0 Å². The van der Waals surface area contributed by atoms with Crippen molar-refractivity contribution in [3.8, 4) is 0 Å². The van der Waals surface area contributed by atoms with E-state index < -0.39 is 0 Å². The Hall–Kier alpha value is -1.61. The molecule has 0 unspecified atom stereocenters. The second kappa shape index (κ2) is 3.95. The summed E-state index contributed by atoms with van der Waals surface area (Å²) in [6.45, 7) is 4.02. The van der Waals surface area contributed by atoms with Gasteiger partial charge < -0.3 is 5.73 Å². The Morgan fingerprint density at radius 3 is 2.44 bits per heavy atom. The summed E-state index contributed by atoms with van der Waals surface area (Å²) >= 11 is 3.61. The fourth-order valence-electron chi connectivity index (χ4n) is 2.29. The molecule has 0 spiro atoms. The Morgan fingerprint density at radius 2 is 1.72 bits per heavy atom. The number of nitrogens with zero attached hydrogens (tertiary/aromatic N) is 1. The number of rotatable bonds is 0. The Kier molecular flexibility index (Phi) is 2.52. The molecule has 0 fully saturated rings. The van der Waals surface area contributed by atoms with Crippen molar-refractivity contribution in [3.05, 3.63) is 46.1 Å². The minimum absolute atomic E-state index is 0.823. The van der Waals surface area contributed by atoms with E-state index >= 15 is 0 Å². The van der Waals surface area contributed by atoms with Crippen molar-refractivity contribution in [1.82, 2.24) is 4.98 Å². The normalized spacial score (nSPS) is 11.3. The van der Waals surface area contributed by atoms with Crippen LogP contribution in [0, 0.1) is 13.8 Å². The molecule has 3 rings (SSSR count). The summed E-state index contributed by atoms with van der Waals surface area (Å²) in [6, 6.07) is 10.3. The van der Waals surface area contributed by atoms with Crippen molar-refractivity contribution in [2.45, 2.75) is 13.8 Å². The number of anilines is 1. The molecule has 0 amide bonds. The van der Waals surface area contributed by atoms with Crippen molar-refractivity contribution in [1.29, 1.82) is 0 Å². The van der Waals surface area contributed by atoms with E-state index in [9.17, 15) is 0 Å². The highest BCUT2D eigenvalue weighted by Crippen LogP contribution is 2.35. The van der Waals surface area contributed by atoms with Gasteiger partial charge in [-0.15, -0.1) is 0 Å². The van der Waals surface area contributed by atoms with Gasteiger partial charge in [-0.1, -0.05) is 40.2 Å². The summed E-state index contributed by atoms with van der Waals surface area (Å²) in [6.07, 6.45) is 0. The van der Waals surface area contributed by atoms with Crippen molar-refractivity contribution < 1.29 is 0 Å². The molecule has 0 aliphatic carbocycles. The maximum atomic E-state index is 6.22. The maximum absolute atomic E-state index is 6.22. The van der Waals surface area contributed by atoms with Crippen LogP contribution >= 0.6 is 15.9 Å². The predicted octanol–water partition coefficient (Wildman–Crippen LogP) is 4.35. The van der Waals surface area contributed by atoms with Gasteiger partial charge in [0.05, 0.1) is 5.52 Å². The van der Waals surface area contributed by atoms with E-state index in [4.69, 9.17) is 10.7 Å². The van der Waals surface area contributed by atoms with E-state index in [1.807, 2.05) is 26.0 Å². The molecule has 0 bridgehead atoms. The highest BCUT2D eigenvalue weighted by atomic mass is 79.9. The van der Waals surface area contributed by atoms with Crippen LogP contribution in [-0.4, -0.2) is 4.98 Å². The molecule has 0 radical (unpaired) electrons. The third-order valence-corrected chi connectivity index (χ3v) is 4.14. The number of benzene rings is 2. The van der Waals surface area contributed by atoms with Crippen LogP contribution in [-0.2, 0) is 0 Å². The number of fused-ring (bicyclic) bond motifs is 3. The van der Waals surface area contributed by atoms with E-state index in [0.29, 0.717) is 0 Å². The van der Waals surface area contributed by atoms with Gasteiger partial charge in [0, 0.05) is 26.6 Å². The summed E-state index contributed by atoms with van der Waals surface area (Å²) in [7, 11) is 0. The molecule has 3 aromatic rings. The van der Waals surface area contributed by atoms with Crippen LogP contribution in [0.25, 0.3) is 21.7 Å². The van der Waals surface area contributed by atoms with Crippen molar-refractivity contribution >= 4 is 43.3 Å². The summed E-state index contributed by atoms with van der Waals surface area (Å²) in [5.74, 6) is 0. The van der Waals surface area contributed by atoms with Gasteiger partial charge in [0.2, 0.25) is 0 Å². The first-order valence-electron chi connectivity index (χ1n) is 5.83. The zero-order valence-electron chi connectivity index (χ0n) is 10.3. The monoisotopic (exact) mass is 300 g/mol. The Balaban J connectivity index is 2.64. The van der Waals surface area contributed by atoms with Crippen molar-refractivity contribution in [2.75, 3.05) is 5.73 Å². The lowest BCUT2D eigenvalue weighted by Gasteiger charge is -2.11. The molecule has 1 heterocycles. The van der Waals surface area contributed by atoms with Gasteiger partial charge in [0.1, 0.15) is 0 Å². The lowest BCUT2D eigenvalue weighted by Crippen LogP contribution is -1.98. The molecule has 3 heteroatoms. The number of nitrogens with two attached hydrogens (primary N) is 1. The zero-order chi connectivity index (χ0) is 12.9. The lowest BCUT2D eigenvalue weighted by atomic mass is 10.0. The van der Waals surface area contributed by atoms with Gasteiger partial charge in [-0.05, 0) is 30.9 Å². The van der Waals surface area contributed by atoms with Crippen LogP contribution in [0.4, 0.5) is 5.69 Å². The molecular formula is C15H13BrN2. The van der Waals surface area contributed by atoms with Crippen molar-refractivity contribution in [3.63, 3.8) is 0 Å². The largest absolute Gasteiger partial charge is 0.398 e. The molecule has 0 aliphatic heterocycles. The highest BCUT2D eigenvalue weighted by Gasteiger charge is 2.11. The van der Waals surface area contributed by atoms with E-state index in [2.05, 4.69) is 34.1 Å². The highest BCUT2D eigenvalue weighted by molar-refractivity contribution is 9.10. The fourth-order valence-corrected chi connectivity index (χ4v) is 2.86. The summed E-state index contributed by atoms with van der Waals surface area (Å²) in [5.41, 5.74) is 10.1.